The summed E-state index contributed by atoms with van der Waals surface area (Å²) < 4.78 is 35.6. The van der Waals surface area contributed by atoms with Gasteiger partial charge in [-0.25, -0.2) is 13.4 Å². The third-order valence-electron chi connectivity index (χ3n) is 4.69. The number of ether oxygens (including phenoxy) is 1. The van der Waals surface area contributed by atoms with Crippen LogP contribution in [-0.4, -0.2) is 26.3 Å². The second-order valence-corrected chi connectivity index (χ2v) is 8.76. The van der Waals surface area contributed by atoms with E-state index in [2.05, 4.69) is 16.4 Å². The molecule has 0 saturated heterocycles. The first-order valence-corrected chi connectivity index (χ1v) is 10.8. The number of aromatic nitrogens is 1. The van der Waals surface area contributed by atoms with Gasteiger partial charge in [-0.3, -0.25) is 0 Å². The number of fused-ring (bicyclic) bond motifs is 1. The van der Waals surface area contributed by atoms with Crippen molar-refractivity contribution in [3.05, 3.63) is 66.9 Å². The first kappa shape index (κ1) is 19.0. The van der Waals surface area contributed by atoms with E-state index in [1.807, 2.05) is 36.4 Å². The molecule has 0 unspecified atom stereocenters. The van der Waals surface area contributed by atoms with Gasteiger partial charge in [-0.1, -0.05) is 43.3 Å². The zero-order chi connectivity index (χ0) is 20.4. The number of oxazole rings is 1. The Morgan fingerprint density at radius 1 is 1.03 bits per heavy atom. The van der Waals surface area contributed by atoms with E-state index in [1.54, 1.807) is 19.2 Å². The zero-order valence-corrected chi connectivity index (χ0v) is 16.9. The molecule has 29 heavy (non-hydrogen) atoms. The quantitative estimate of drug-likeness (QED) is 0.481. The molecule has 0 aliphatic carbocycles. The molecular weight excluding hydrogens is 388 g/mol. The highest BCUT2D eigenvalue weighted by molar-refractivity contribution is 7.91. The highest BCUT2D eigenvalue weighted by Gasteiger charge is 2.16. The lowest BCUT2D eigenvalue weighted by atomic mass is 10.1. The summed E-state index contributed by atoms with van der Waals surface area (Å²) in [6, 6.07) is 19.0. The van der Waals surface area contributed by atoms with Gasteiger partial charge in [-0.05, 0) is 35.0 Å². The van der Waals surface area contributed by atoms with Gasteiger partial charge in [0.1, 0.15) is 5.75 Å². The minimum Gasteiger partial charge on any atom is -0.495 e. The van der Waals surface area contributed by atoms with E-state index in [-0.39, 0.29) is 16.7 Å². The molecule has 0 fully saturated rings. The third-order valence-corrected chi connectivity index (χ3v) is 6.42. The SMILES string of the molecule is CCS(=O)(=O)c1ccc(OC)c(Nc2ncc(-c3ccc4ccccc4c3)o2)c1. The molecule has 4 aromatic rings. The Balaban J connectivity index is 1.65. The molecule has 0 saturated carbocycles. The number of benzene rings is 3. The maximum Gasteiger partial charge on any atom is 0.299 e. The summed E-state index contributed by atoms with van der Waals surface area (Å²) in [5, 5.41) is 5.27. The van der Waals surface area contributed by atoms with E-state index in [0.717, 1.165) is 16.3 Å². The molecule has 1 N–H and O–H groups in total. The number of nitrogens with zero attached hydrogens (tertiary/aromatic N) is 1. The topological polar surface area (TPSA) is 81.4 Å². The largest absolute Gasteiger partial charge is 0.495 e. The molecule has 0 atom stereocenters. The predicted molar refractivity (Wildman–Crippen MR) is 113 cm³/mol. The number of sulfone groups is 1. The fourth-order valence-electron chi connectivity index (χ4n) is 3.07. The van der Waals surface area contributed by atoms with Crippen LogP contribution in [-0.2, 0) is 9.84 Å². The second kappa shape index (κ2) is 7.60. The van der Waals surface area contributed by atoms with Crippen molar-refractivity contribution in [2.24, 2.45) is 0 Å². The first-order chi connectivity index (χ1) is 14.0. The summed E-state index contributed by atoms with van der Waals surface area (Å²) in [6.07, 6.45) is 1.63. The van der Waals surface area contributed by atoms with Crippen LogP contribution in [0, 0.1) is 0 Å². The molecule has 0 amide bonds. The molecule has 1 heterocycles. The minimum atomic E-state index is -3.34. The number of anilines is 2. The molecule has 0 radical (unpaired) electrons. The predicted octanol–water partition coefficient (Wildman–Crippen LogP) is 5.04. The smallest absolute Gasteiger partial charge is 0.299 e. The summed E-state index contributed by atoms with van der Waals surface area (Å²) in [6.45, 7) is 1.61. The van der Waals surface area contributed by atoms with Crippen LogP contribution in [0.25, 0.3) is 22.1 Å². The average Bonchev–Trinajstić information content (AvgIpc) is 3.22. The molecule has 0 bridgehead atoms. The number of rotatable bonds is 6. The fraction of sp³-hybridized carbons (Fsp3) is 0.136. The molecule has 3 aromatic carbocycles. The molecule has 6 nitrogen and oxygen atoms in total. The molecule has 4 rings (SSSR count). The van der Waals surface area contributed by atoms with Crippen molar-refractivity contribution in [2.75, 3.05) is 18.2 Å². The molecule has 1 aromatic heterocycles. The second-order valence-electron chi connectivity index (χ2n) is 6.48. The summed E-state index contributed by atoms with van der Waals surface area (Å²) in [7, 11) is -1.82. The van der Waals surface area contributed by atoms with E-state index in [1.165, 1.54) is 19.2 Å². The lowest BCUT2D eigenvalue weighted by Gasteiger charge is -2.11. The van der Waals surface area contributed by atoms with E-state index in [0.29, 0.717) is 17.2 Å². The van der Waals surface area contributed by atoms with Crippen LogP contribution >= 0.6 is 0 Å². The Labute approximate surface area is 169 Å². The Bertz CT molecular complexity index is 1280. The molecule has 0 aliphatic heterocycles. The van der Waals surface area contributed by atoms with Crippen molar-refractivity contribution < 1.29 is 17.6 Å². The summed E-state index contributed by atoms with van der Waals surface area (Å²) >= 11 is 0. The fourth-order valence-corrected chi connectivity index (χ4v) is 3.97. The monoisotopic (exact) mass is 408 g/mol. The van der Waals surface area contributed by atoms with Crippen LogP contribution in [0.15, 0.2) is 76.2 Å². The van der Waals surface area contributed by atoms with Crippen molar-refractivity contribution in [2.45, 2.75) is 11.8 Å². The van der Waals surface area contributed by atoms with Crippen molar-refractivity contribution in [3.63, 3.8) is 0 Å². The standard InChI is InChI=1S/C22H20N2O4S/c1-3-29(25,26)18-10-11-20(27-2)19(13-18)24-22-23-14-21(28-22)17-9-8-15-6-4-5-7-16(15)12-17/h4-14H,3H2,1-2H3,(H,23,24). The van der Waals surface area contributed by atoms with E-state index < -0.39 is 9.84 Å². The van der Waals surface area contributed by atoms with Crippen LogP contribution in [0.5, 0.6) is 5.75 Å². The van der Waals surface area contributed by atoms with E-state index >= 15 is 0 Å². The number of hydrogen-bond donors (Lipinski definition) is 1. The van der Waals surface area contributed by atoms with Gasteiger partial charge in [0.2, 0.25) is 0 Å². The van der Waals surface area contributed by atoms with Gasteiger partial charge >= 0.3 is 0 Å². The van der Waals surface area contributed by atoms with Crippen LogP contribution < -0.4 is 10.1 Å². The first-order valence-electron chi connectivity index (χ1n) is 9.13. The molecule has 7 heteroatoms. The minimum absolute atomic E-state index is 0.0177. The van der Waals surface area contributed by atoms with Gasteiger partial charge in [0.25, 0.3) is 6.01 Å². The van der Waals surface area contributed by atoms with Crippen molar-refractivity contribution in [1.82, 2.24) is 4.98 Å². The zero-order valence-electron chi connectivity index (χ0n) is 16.0. The highest BCUT2D eigenvalue weighted by Crippen LogP contribution is 2.32. The third kappa shape index (κ3) is 3.82. The lowest BCUT2D eigenvalue weighted by Crippen LogP contribution is -2.05. The van der Waals surface area contributed by atoms with Gasteiger partial charge in [0.05, 0.1) is 29.6 Å². The Morgan fingerprint density at radius 3 is 2.59 bits per heavy atom. The molecule has 148 valence electrons. The highest BCUT2D eigenvalue weighted by atomic mass is 32.2. The van der Waals surface area contributed by atoms with Gasteiger partial charge in [-0.2, -0.15) is 0 Å². The van der Waals surface area contributed by atoms with Gasteiger partial charge in [0.15, 0.2) is 15.6 Å². The lowest BCUT2D eigenvalue weighted by molar-refractivity contribution is 0.416. The number of hydrogen-bond acceptors (Lipinski definition) is 6. The van der Waals surface area contributed by atoms with Crippen LogP contribution in [0.2, 0.25) is 0 Å². The maximum absolute atomic E-state index is 12.2. The Morgan fingerprint density at radius 2 is 1.83 bits per heavy atom. The van der Waals surface area contributed by atoms with Crippen molar-refractivity contribution in [1.29, 1.82) is 0 Å². The van der Waals surface area contributed by atoms with Crippen molar-refractivity contribution in [3.8, 4) is 17.1 Å². The van der Waals surface area contributed by atoms with Crippen LogP contribution in [0.3, 0.4) is 0 Å². The van der Waals surface area contributed by atoms with Crippen LogP contribution in [0.1, 0.15) is 6.92 Å². The average molecular weight is 408 g/mol. The Kier molecular flexibility index (Phi) is 4.98. The normalized spacial score (nSPS) is 11.5. The van der Waals surface area contributed by atoms with E-state index in [9.17, 15) is 8.42 Å². The molecular formula is C22H20N2O4S. The van der Waals surface area contributed by atoms with Gasteiger partial charge in [0, 0.05) is 5.56 Å². The van der Waals surface area contributed by atoms with Gasteiger partial charge in [-0.15, -0.1) is 0 Å². The molecule has 0 spiro atoms. The molecule has 0 aliphatic rings. The van der Waals surface area contributed by atoms with E-state index in [4.69, 9.17) is 9.15 Å². The van der Waals surface area contributed by atoms with Crippen molar-refractivity contribution >= 4 is 32.3 Å². The van der Waals surface area contributed by atoms with Crippen LogP contribution in [0.4, 0.5) is 11.7 Å². The Hall–Kier alpha value is -3.32. The van der Waals surface area contributed by atoms with Gasteiger partial charge < -0.3 is 14.5 Å². The maximum atomic E-state index is 12.2. The number of methoxy groups -OCH3 is 1. The summed E-state index contributed by atoms with van der Waals surface area (Å²) in [5.41, 5.74) is 1.37. The number of nitrogens with one attached hydrogen (secondary N) is 1. The summed E-state index contributed by atoms with van der Waals surface area (Å²) in [5.74, 6) is 1.12. The summed E-state index contributed by atoms with van der Waals surface area (Å²) in [4.78, 5) is 4.49.